The van der Waals surface area contributed by atoms with E-state index in [9.17, 15) is 0 Å². The van der Waals surface area contributed by atoms with Gasteiger partial charge in [0.2, 0.25) is 0 Å². The maximum atomic E-state index is 5.59. The minimum atomic E-state index is 0.783. The average Bonchev–Trinajstić information content (AvgIpc) is 2.39. The Balaban J connectivity index is 2.60. The molecule has 0 aromatic heterocycles. The number of benzene rings is 1. The highest BCUT2D eigenvalue weighted by Crippen LogP contribution is 2.29. The van der Waals surface area contributed by atoms with E-state index >= 15 is 0 Å². The van der Waals surface area contributed by atoms with Gasteiger partial charge in [-0.05, 0) is 81.9 Å². The van der Waals surface area contributed by atoms with Gasteiger partial charge in [-0.1, -0.05) is 6.07 Å². The standard InChI is InChI=1S/C16H28N2O/c1-12-11-13(2)15(16(19-4)14(12)3)7-10-18-9-6-5-8-17/h11,18H,5-10,17H2,1-4H3. The van der Waals surface area contributed by atoms with Crippen molar-refractivity contribution in [2.45, 2.75) is 40.0 Å². The third-order valence-corrected chi connectivity index (χ3v) is 3.68. The number of hydrogen-bond acceptors (Lipinski definition) is 3. The van der Waals surface area contributed by atoms with E-state index in [2.05, 4.69) is 32.2 Å². The van der Waals surface area contributed by atoms with Gasteiger partial charge >= 0.3 is 0 Å². The molecule has 3 nitrogen and oxygen atoms in total. The minimum absolute atomic E-state index is 0.783. The molecule has 3 heteroatoms. The third-order valence-electron chi connectivity index (χ3n) is 3.68. The Labute approximate surface area is 117 Å². The van der Waals surface area contributed by atoms with Crippen molar-refractivity contribution in [1.82, 2.24) is 5.32 Å². The predicted octanol–water partition coefficient (Wildman–Crippen LogP) is 2.49. The molecule has 0 unspecified atom stereocenters. The van der Waals surface area contributed by atoms with Crippen molar-refractivity contribution in [2.75, 3.05) is 26.7 Å². The molecule has 0 atom stereocenters. The maximum Gasteiger partial charge on any atom is 0.125 e. The fourth-order valence-electron chi connectivity index (χ4n) is 2.42. The fourth-order valence-corrected chi connectivity index (χ4v) is 2.42. The number of methoxy groups -OCH3 is 1. The second kappa shape index (κ2) is 8.18. The van der Waals surface area contributed by atoms with Crippen LogP contribution < -0.4 is 15.8 Å². The summed E-state index contributed by atoms with van der Waals surface area (Å²) in [6.45, 7) is 9.25. The summed E-state index contributed by atoms with van der Waals surface area (Å²) >= 11 is 0. The van der Waals surface area contributed by atoms with E-state index in [1.165, 1.54) is 22.3 Å². The first-order chi connectivity index (χ1) is 9.11. The van der Waals surface area contributed by atoms with Crippen LogP contribution in [0.2, 0.25) is 0 Å². The summed E-state index contributed by atoms with van der Waals surface area (Å²) in [5.41, 5.74) is 10.7. The van der Waals surface area contributed by atoms with Gasteiger partial charge < -0.3 is 15.8 Å². The Morgan fingerprint density at radius 2 is 1.84 bits per heavy atom. The molecule has 0 radical (unpaired) electrons. The molecule has 108 valence electrons. The largest absolute Gasteiger partial charge is 0.496 e. The van der Waals surface area contributed by atoms with Crippen molar-refractivity contribution in [3.05, 3.63) is 28.3 Å². The lowest BCUT2D eigenvalue weighted by atomic mass is 9.97. The van der Waals surface area contributed by atoms with E-state index in [-0.39, 0.29) is 0 Å². The smallest absolute Gasteiger partial charge is 0.125 e. The Kier molecular flexibility index (Phi) is 6.89. The molecular formula is C16H28N2O. The van der Waals surface area contributed by atoms with Crippen LogP contribution in [0.15, 0.2) is 6.07 Å². The molecule has 1 rings (SSSR count). The van der Waals surface area contributed by atoms with Crippen LogP contribution in [0.4, 0.5) is 0 Å². The first-order valence-electron chi connectivity index (χ1n) is 7.16. The molecule has 0 aliphatic rings. The lowest BCUT2D eigenvalue weighted by Gasteiger charge is -2.17. The van der Waals surface area contributed by atoms with Crippen molar-refractivity contribution < 1.29 is 4.74 Å². The van der Waals surface area contributed by atoms with Gasteiger partial charge in [-0.2, -0.15) is 0 Å². The van der Waals surface area contributed by atoms with Crippen LogP contribution in [0.25, 0.3) is 0 Å². The molecule has 0 fully saturated rings. The van der Waals surface area contributed by atoms with Crippen LogP contribution in [-0.4, -0.2) is 26.7 Å². The lowest BCUT2D eigenvalue weighted by Crippen LogP contribution is -2.20. The van der Waals surface area contributed by atoms with Crippen molar-refractivity contribution in [3.8, 4) is 5.75 Å². The van der Waals surface area contributed by atoms with E-state index in [1.54, 1.807) is 7.11 Å². The second-order valence-corrected chi connectivity index (χ2v) is 5.14. The number of nitrogens with one attached hydrogen (secondary N) is 1. The molecule has 0 amide bonds. The number of aryl methyl sites for hydroxylation is 2. The summed E-state index contributed by atoms with van der Waals surface area (Å²) in [7, 11) is 1.76. The van der Waals surface area contributed by atoms with Crippen molar-refractivity contribution in [3.63, 3.8) is 0 Å². The number of hydrogen-bond donors (Lipinski definition) is 2. The summed E-state index contributed by atoms with van der Waals surface area (Å²) in [6, 6.07) is 2.25. The fraction of sp³-hybridized carbons (Fsp3) is 0.625. The van der Waals surface area contributed by atoms with Crippen LogP contribution in [0.3, 0.4) is 0 Å². The highest BCUT2D eigenvalue weighted by Gasteiger charge is 2.11. The molecule has 0 bridgehead atoms. The highest BCUT2D eigenvalue weighted by atomic mass is 16.5. The van der Waals surface area contributed by atoms with Crippen molar-refractivity contribution >= 4 is 0 Å². The van der Waals surface area contributed by atoms with E-state index in [0.29, 0.717) is 0 Å². The topological polar surface area (TPSA) is 47.3 Å². The summed E-state index contributed by atoms with van der Waals surface area (Å²) in [6.07, 6.45) is 3.26. The minimum Gasteiger partial charge on any atom is -0.496 e. The molecule has 1 aromatic rings. The van der Waals surface area contributed by atoms with Gasteiger partial charge in [0.25, 0.3) is 0 Å². The molecule has 0 spiro atoms. The van der Waals surface area contributed by atoms with Crippen LogP contribution in [0.1, 0.15) is 35.1 Å². The molecule has 0 saturated carbocycles. The molecule has 1 aromatic carbocycles. The first kappa shape index (κ1) is 16.0. The molecule has 0 aliphatic heterocycles. The normalized spacial score (nSPS) is 10.8. The zero-order valence-corrected chi connectivity index (χ0v) is 12.8. The molecule has 0 aliphatic carbocycles. The van der Waals surface area contributed by atoms with Gasteiger partial charge in [-0.25, -0.2) is 0 Å². The number of nitrogens with two attached hydrogens (primary N) is 1. The number of rotatable bonds is 8. The monoisotopic (exact) mass is 264 g/mol. The third kappa shape index (κ3) is 4.51. The number of unbranched alkanes of at least 4 members (excludes halogenated alkanes) is 1. The quantitative estimate of drug-likeness (QED) is 0.709. The molecule has 0 heterocycles. The van der Waals surface area contributed by atoms with Gasteiger partial charge in [-0.15, -0.1) is 0 Å². The number of ether oxygens (including phenoxy) is 1. The Morgan fingerprint density at radius 3 is 2.47 bits per heavy atom. The second-order valence-electron chi connectivity index (χ2n) is 5.14. The van der Waals surface area contributed by atoms with Gasteiger partial charge in [0, 0.05) is 0 Å². The zero-order valence-electron chi connectivity index (χ0n) is 12.8. The van der Waals surface area contributed by atoms with E-state index in [0.717, 1.165) is 44.6 Å². The van der Waals surface area contributed by atoms with Gasteiger partial charge in [0.05, 0.1) is 7.11 Å². The van der Waals surface area contributed by atoms with Gasteiger partial charge in [0.15, 0.2) is 0 Å². The summed E-state index contributed by atoms with van der Waals surface area (Å²) < 4.78 is 5.59. The SMILES string of the molecule is COc1c(C)c(C)cc(C)c1CCNCCCCN. The van der Waals surface area contributed by atoms with Crippen LogP contribution in [0, 0.1) is 20.8 Å². The highest BCUT2D eigenvalue weighted by molar-refractivity contribution is 5.49. The maximum absolute atomic E-state index is 5.59. The zero-order chi connectivity index (χ0) is 14.3. The summed E-state index contributed by atoms with van der Waals surface area (Å²) in [5, 5.41) is 3.47. The van der Waals surface area contributed by atoms with Crippen LogP contribution in [-0.2, 0) is 6.42 Å². The van der Waals surface area contributed by atoms with Gasteiger partial charge in [-0.3, -0.25) is 0 Å². The molecule has 0 saturated heterocycles. The Bertz CT molecular complexity index is 402. The van der Waals surface area contributed by atoms with Crippen molar-refractivity contribution in [1.29, 1.82) is 0 Å². The Hall–Kier alpha value is -1.06. The molecule has 3 N–H and O–H groups in total. The van der Waals surface area contributed by atoms with E-state index in [1.807, 2.05) is 0 Å². The lowest BCUT2D eigenvalue weighted by molar-refractivity contribution is 0.405. The van der Waals surface area contributed by atoms with E-state index < -0.39 is 0 Å². The summed E-state index contributed by atoms with van der Waals surface area (Å²) in [4.78, 5) is 0. The molecular weight excluding hydrogens is 236 g/mol. The predicted molar refractivity (Wildman–Crippen MR) is 82.1 cm³/mol. The molecule has 19 heavy (non-hydrogen) atoms. The van der Waals surface area contributed by atoms with Crippen LogP contribution in [0.5, 0.6) is 5.75 Å². The summed E-state index contributed by atoms with van der Waals surface area (Å²) in [5.74, 6) is 1.06. The first-order valence-corrected chi connectivity index (χ1v) is 7.16. The average molecular weight is 264 g/mol. The Morgan fingerprint density at radius 1 is 1.11 bits per heavy atom. The van der Waals surface area contributed by atoms with Crippen molar-refractivity contribution in [2.24, 2.45) is 5.73 Å². The van der Waals surface area contributed by atoms with E-state index in [4.69, 9.17) is 10.5 Å². The van der Waals surface area contributed by atoms with Gasteiger partial charge in [0.1, 0.15) is 5.75 Å². The van der Waals surface area contributed by atoms with Crippen LogP contribution >= 0.6 is 0 Å².